The van der Waals surface area contributed by atoms with Gasteiger partial charge in [0, 0.05) is 6.54 Å². The molecule has 140 valence electrons. The molecule has 0 atom stereocenters. The van der Waals surface area contributed by atoms with E-state index in [2.05, 4.69) is 4.72 Å². The predicted molar refractivity (Wildman–Crippen MR) is 89.2 cm³/mol. The Morgan fingerprint density at radius 1 is 1.00 bits per heavy atom. The summed E-state index contributed by atoms with van der Waals surface area (Å²) in [5.41, 5.74) is 0.214. The number of imide groups is 1. The first kappa shape index (κ1) is 18.7. The van der Waals surface area contributed by atoms with Gasteiger partial charge in [-0.05, 0) is 24.3 Å². The van der Waals surface area contributed by atoms with Gasteiger partial charge in [0.2, 0.25) is 10.0 Å². The lowest BCUT2D eigenvalue weighted by atomic mass is 10.1. The molecule has 0 saturated heterocycles. The topological polar surface area (TPSA) is 110 Å². The van der Waals surface area contributed by atoms with E-state index in [1.165, 1.54) is 24.3 Å². The molecule has 0 aliphatic carbocycles. The van der Waals surface area contributed by atoms with Gasteiger partial charge in [0.1, 0.15) is 10.7 Å². The number of sulfonamides is 1. The molecule has 0 bridgehead atoms. The highest BCUT2D eigenvalue weighted by molar-refractivity contribution is 7.89. The number of fused-ring (bicyclic) bond motifs is 1. The number of carbonyl (C=O) groups is 3. The first-order valence-electron chi connectivity index (χ1n) is 7.74. The van der Waals surface area contributed by atoms with E-state index in [0.29, 0.717) is 5.06 Å². The van der Waals surface area contributed by atoms with Crippen LogP contribution in [0.4, 0.5) is 4.39 Å². The van der Waals surface area contributed by atoms with Gasteiger partial charge in [-0.25, -0.2) is 22.3 Å². The monoisotopic (exact) mass is 392 g/mol. The third-order valence-corrected chi connectivity index (χ3v) is 5.19. The molecule has 8 nitrogen and oxygen atoms in total. The molecule has 3 rings (SSSR count). The molecule has 0 aromatic heterocycles. The first-order valence-corrected chi connectivity index (χ1v) is 9.22. The highest BCUT2D eigenvalue weighted by atomic mass is 32.2. The van der Waals surface area contributed by atoms with Gasteiger partial charge in [-0.15, -0.1) is 0 Å². The summed E-state index contributed by atoms with van der Waals surface area (Å²) in [5.74, 6) is -3.49. The third-order valence-electron chi connectivity index (χ3n) is 3.70. The average molecular weight is 392 g/mol. The summed E-state index contributed by atoms with van der Waals surface area (Å²) in [7, 11) is -4.16. The third kappa shape index (κ3) is 3.71. The highest BCUT2D eigenvalue weighted by Crippen LogP contribution is 2.22. The van der Waals surface area contributed by atoms with E-state index < -0.39 is 51.5 Å². The van der Waals surface area contributed by atoms with Crippen LogP contribution in [0.5, 0.6) is 0 Å². The molecule has 10 heteroatoms. The van der Waals surface area contributed by atoms with Crippen molar-refractivity contribution in [2.24, 2.45) is 0 Å². The van der Waals surface area contributed by atoms with Crippen molar-refractivity contribution in [1.29, 1.82) is 0 Å². The number of amides is 2. The second kappa shape index (κ2) is 7.25. The number of hydrogen-bond acceptors (Lipinski definition) is 6. The van der Waals surface area contributed by atoms with Crippen LogP contribution in [0.1, 0.15) is 27.1 Å². The summed E-state index contributed by atoms with van der Waals surface area (Å²) in [6.07, 6.45) is -0.471. The maximum atomic E-state index is 13.6. The van der Waals surface area contributed by atoms with Crippen LogP contribution in [0.3, 0.4) is 0 Å². The smallest absolute Gasteiger partial charge is 0.330 e. The lowest BCUT2D eigenvalue weighted by Gasteiger charge is -2.13. The minimum Gasteiger partial charge on any atom is -0.330 e. The fourth-order valence-corrected chi connectivity index (χ4v) is 3.53. The maximum absolute atomic E-state index is 13.6. The summed E-state index contributed by atoms with van der Waals surface area (Å²) < 4.78 is 39.6. The summed E-state index contributed by atoms with van der Waals surface area (Å²) >= 11 is 0. The zero-order valence-corrected chi connectivity index (χ0v) is 14.5. The molecule has 0 spiro atoms. The molecule has 1 aliphatic heterocycles. The maximum Gasteiger partial charge on any atom is 0.334 e. The SMILES string of the molecule is O=C(CCNS(=O)(=O)c1ccccc1F)ON1C(=O)c2ccccc2C1=O. The van der Waals surface area contributed by atoms with E-state index in [9.17, 15) is 27.2 Å². The molecule has 2 aromatic carbocycles. The Morgan fingerprint density at radius 3 is 2.15 bits per heavy atom. The van der Waals surface area contributed by atoms with Crippen LogP contribution in [-0.2, 0) is 19.7 Å². The minimum absolute atomic E-state index is 0.107. The van der Waals surface area contributed by atoms with Crippen LogP contribution in [0.15, 0.2) is 53.4 Å². The van der Waals surface area contributed by atoms with Crippen LogP contribution in [0, 0.1) is 5.82 Å². The second-order valence-electron chi connectivity index (χ2n) is 5.49. The fourth-order valence-electron chi connectivity index (χ4n) is 2.43. The summed E-state index contributed by atoms with van der Waals surface area (Å²) in [5, 5.41) is 0.332. The molecule has 1 aliphatic rings. The van der Waals surface area contributed by atoms with Gasteiger partial charge in [0.25, 0.3) is 11.8 Å². The zero-order valence-electron chi connectivity index (χ0n) is 13.7. The largest absolute Gasteiger partial charge is 0.334 e. The Kier molecular flexibility index (Phi) is 5.02. The number of nitrogens with zero attached hydrogens (tertiary/aromatic N) is 1. The zero-order chi connectivity index (χ0) is 19.6. The van der Waals surface area contributed by atoms with Crippen molar-refractivity contribution < 1.29 is 32.0 Å². The van der Waals surface area contributed by atoms with Gasteiger partial charge in [0.05, 0.1) is 17.5 Å². The number of halogens is 1. The Labute approximate surface area is 153 Å². The van der Waals surface area contributed by atoms with Crippen molar-refractivity contribution in [1.82, 2.24) is 9.79 Å². The van der Waals surface area contributed by atoms with Crippen molar-refractivity contribution in [3.05, 3.63) is 65.5 Å². The van der Waals surface area contributed by atoms with Crippen LogP contribution >= 0.6 is 0 Å². The molecular weight excluding hydrogens is 379 g/mol. The van der Waals surface area contributed by atoms with Gasteiger partial charge in [-0.1, -0.05) is 29.3 Å². The first-order chi connectivity index (χ1) is 12.8. The van der Waals surface area contributed by atoms with E-state index in [-0.39, 0.29) is 11.1 Å². The Hall–Kier alpha value is -3.11. The number of nitrogens with one attached hydrogen (secondary N) is 1. The molecule has 2 amide bonds. The quantitative estimate of drug-likeness (QED) is 0.741. The van der Waals surface area contributed by atoms with Crippen molar-refractivity contribution in [3.8, 4) is 0 Å². The van der Waals surface area contributed by atoms with Crippen molar-refractivity contribution >= 4 is 27.8 Å². The fraction of sp³-hybridized carbons (Fsp3) is 0.118. The van der Waals surface area contributed by atoms with Crippen molar-refractivity contribution in [3.63, 3.8) is 0 Å². The minimum atomic E-state index is -4.16. The van der Waals surface area contributed by atoms with E-state index in [4.69, 9.17) is 4.84 Å². The molecule has 0 saturated carbocycles. The number of benzene rings is 2. The molecular formula is C17H13FN2O6S. The lowest BCUT2D eigenvalue weighted by molar-refractivity contribution is -0.168. The summed E-state index contributed by atoms with van der Waals surface area (Å²) in [6, 6.07) is 10.7. The number of rotatable bonds is 6. The number of carbonyl (C=O) groups excluding carboxylic acids is 3. The Morgan fingerprint density at radius 2 is 1.56 bits per heavy atom. The van der Waals surface area contributed by atoms with Gasteiger partial charge in [0.15, 0.2) is 0 Å². The second-order valence-corrected chi connectivity index (χ2v) is 7.23. The Balaban J connectivity index is 1.58. The molecule has 0 radical (unpaired) electrons. The summed E-state index contributed by atoms with van der Waals surface area (Å²) in [4.78, 5) is 40.2. The van der Waals surface area contributed by atoms with Crippen LogP contribution in [0.25, 0.3) is 0 Å². The summed E-state index contributed by atoms with van der Waals surface area (Å²) in [6.45, 7) is -0.404. The number of hydroxylamine groups is 2. The normalized spacial score (nSPS) is 13.6. The standard InChI is InChI=1S/C17H13FN2O6S/c18-13-7-3-4-8-14(13)27(24,25)19-10-9-15(21)26-20-16(22)11-5-1-2-6-12(11)17(20)23/h1-8,19H,9-10H2. The van der Waals surface area contributed by atoms with Crippen LogP contribution in [0.2, 0.25) is 0 Å². The van der Waals surface area contributed by atoms with Gasteiger partial charge >= 0.3 is 5.97 Å². The number of hydrogen-bond donors (Lipinski definition) is 1. The average Bonchev–Trinajstić information content (AvgIpc) is 2.87. The van der Waals surface area contributed by atoms with Crippen LogP contribution in [-0.4, -0.2) is 37.8 Å². The molecule has 0 unspecified atom stereocenters. The highest BCUT2D eigenvalue weighted by Gasteiger charge is 2.38. The van der Waals surface area contributed by atoms with E-state index in [0.717, 1.165) is 12.1 Å². The van der Waals surface area contributed by atoms with Gasteiger partial charge in [-0.2, -0.15) is 0 Å². The molecule has 2 aromatic rings. The molecule has 1 N–H and O–H groups in total. The molecule has 0 fully saturated rings. The van der Waals surface area contributed by atoms with Crippen molar-refractivity contribution in [2.45, 2.75) is 11.3 Å². The van der Waals surface area contributed by atoms with E-state index >= 15 is 0 Å². The predicted octanol–water partition coefficient (Wildman–Crippen LogP) is 1.25. The van der Waals surface area contributed by atoms with E-state index in [1.807, 2.05) is 0 Å². The van der Waals surface area contributed by atoms with Gasteiger partial charge < -0.3 is 4.84 Å². The van der Waals surface area contributed by atoms with Gasteiger partial charge in [-0.3, -0.25) is 9.59 Å². The Bertz CT molecular complexity index is 1000. The molecule has 1 heterocycles. The molecule has 27 heavy (non-hydrogen) atoms. The van der Waals surface area contributed by atoms with Crippen molar-refractivity contribution in [2.75, 3.05) is 6.54 Å². The van der Waals surface area contributed by atoms with E-state index in [1.54, 1.807) is 12.1 Å². The lowest BCUT2D eigenvalue weighted by Crippen LogP contribution is -2.34. The van der Waals surface area contributed by atoms with Crippen LogP contribution < -0.4 is 4.72 Å².